The Morgan fingerprint density at radius 1 is 1.23 bits per heavy atom. The number of anilines is 1. The molecule has 26 heavy (non-hydrogen) atoms. The highest BCUT2D eigenvalue weighted by molar-refractivity contribution is 7.14. The first-order valence-corrected chi connectivity index (χ1v) is 9.53. The smallest absolute Gasteiger partial charge is 0.270 e. The van der Waals surface area contributed by atoms with Gasteiger partial charge >= 0.3 is 0 Å². The van der Waals surface area contributed by atoms with E-state index < -0.39 is 11.7 Å². The Morgan fingerprint density at radius 3 is 2.81 bits per heavy atom. The molecule has 6 nitrogen and oxygen atoms in total. The predicted octanol–water partition coefficient (Wildman–Crippen LogP) is 2.75. The summed E-state index contributed by atoms with van der Waals surface area (Å²) in [4.78, 5) is 30.7. The number of nitrogens with one attached hydrogen (secondary N) is 2. The van der Waals surface area contributed by atoms with Crippen LogP contribution in [0.1, 0.15) is 40.1 Å². The molecule has 1 aliphatic heterocycles. The van der Waals surface area contributed by atoms with E-state index >= 15 is 0 Å². The van der Waals surface area contributed by atoms with E-state index in [1.165, 1.54) is 31.0 Å². The molecule has 0 saturated carbocycles. The van der Waals surface area contributed by atoms with Gasteiger partial charge in [-0.3, -0.25) is 14.9 Å². The van der Waals surface area contributed by atoms with Gasteiger partial charge < -0.3 is 10.2 Å². The van der Waals surface area contributed by atoms with Crippen molar-refractivity contribution in [1.82, 2.24) is 15.2 Å². The van der Waals surface area contributed by atoms with Crippen molar-refractivity contribution in [1.29, 1.82) is 0 Å². The topological polar surface area (TPSA) is 74.3 Å². The molecule has 0 unspecified atom stereocenters. The highest BCUT2D eigenvalue weighted by Crippen LogP contribution is 2.17. The number of halogens is 1. The summed E-state index contributed by atoms with van der Waals surface area (Å²) >= 11 is 1.16. The van der Waals surface area contributed by atoms with E-state index in [0.717, 1.165) is 43.5 Å². The zero-order valence-corrected chi connectivity index (χ0v) is 15.2. The van der Waals surface area contributed by atoms with E-state index in [1.54, 1.807) is 5.38 Å². The van der Waals surface area contributed by atoms with Crippen molar-refractivity contribution in [3.05, 3.63) is 46.7 Å². The average molecular weight is 376 g/mol. The SMILES string of the molecule is O=C(Nc1nc(C(=O)NCCCN2CCCC2)cs1)c1cccc(F)c1. The first kappa shape index (κ1) is 18.5. The maximum atomic E-state index is 13.2. The second-order valence-corrected chi connectivity index (χ2v) is 7.02. The van der Waals surface area contributed by atoms with E-state index in [9.17, 15) is 14.0 Å². The summed E-state index contributed by atoms with van der Waals surface area (Å²) in [5.74, 6) is -1.20. The second-order valence-electron chi connectivity index (χ2n) is 6.16. The lowest BCUT2D eigenvalue weighted by molar-refractivity contribution is 0.0946. The van der Waals surface area contributed by atoms with Gasteiger partial charge in [0.2, 0.25) is 0 Å². The fourth-order valence-electron chi connectivity index (χ4n) is 2.84. The Hall–Kier alpha value is -2.32. The number of aromatic nitrogens is 1. The summed E-state index contributed by atoms with van der Waals surface area (Å²) in [5, 5.41) is 7.33. The van der Waals surface area contributed by atoms with Gasteiger partial charge in [-0.2, -0.15) is 0 Å². The summed E-state index contributed by atoms with van der Waals surface area (Å²) in [5.41, 5.74) is 0.471. The number of carbonyl (C=O) groups is 2. The molecule has 8 heteroatoms. The van der Waals surface area contributed by atoms with Gasteiger partial charge in [0.1, 0.15) is 11.5 Å². The molecule has 0 atom stereocenters. The van der Waals surface area contributed by atoms with Gasteiger partial charge in [0.25, 0.3) is 11.8 Å². The van der Waals surface area contributed by atoms with Gasteiger partial charge in [0, 0.05) is 17.5 Å². The Kier molecular flexibility index (Phi) is 6.30. The van der Waals surface area contributed by atoms with Crippen LogP contribution in [0.25, 0.3) is 0 Å². The maximum Gasteiger partial charge on any atom is 0.270 e. The van der Waals surface area contributed by atoms with Crippen LogP contribution in [0.3, 0.4) is 0 Å². The number of likely N-dealkylation sites (tertiary alicyclic amines) is 1. The van der Waals surface area contributed by atoms with Gasteiger partial charge in [-0.05, 0) is 57.1 Å². The number of amides is 2. The van der Waals surface area contributed by atoms with Crippen LogP contribution in [0.15, 0.2) is 29.6 Å². The van der Waals surface area contributed by atoms with E-state index in [-0.39, 0.29) is 17.2 Å². The molecule has 0 radical (unpaired) electrons. The van der Waals surface area contributed by atoms with E-state index in [1.807, 2.05) is 0 Å². The number of rotatable bonds is 7. The summed E-state index contributed by atoms with van der Waals surface area (Å²) in [6, 6.07) is 5.40. The third-order valence-electron chi connectivity index (χ3n) is 4.18. The largest absolute Gasteiger partial charge is 0.351 e. The van der Waals surface area contributed by atoms with Crippen molar-refractivity contribution in [3.8, 4) is 0 Å². The van der Waals surface area contributed by atoms with Crippen LogP contribution < -0.4 is 10.6 Å². The summed E-state index contributed by atoms with van der Waals surface area (Å²) in [7, 11) is 0. The molecule has 0 bridgehead atoms. The molecular weight excluding hydrogens is 355 g/mol. The lowest BCUT2D eigenvalue weighted by Crippen LogP contribution is -2.28. The van der Waals surface area contributed by atoms with E-state index in [0.29, 0.717) is 11.7 Å². The molecule has 2 N–H and O–H groups in total. The fourth-order valence-corrected chi connectivity index (χ4v) is 3.52. The maximum absolute atomic E-state index is 13.2. The summed E-state index contributed by atoms with van der Waals surface area (Å²) < 4.78 is 13.2. The van der Waals surface area contributed by atoms with Crippen LogP contribution in [0.4, 0.5) is 9.52 Å². The molecule has 138 valence electrons. The van der Waals surface area contributed by atoms with Crippen LogP contribution in [-0.4, -0.2) is 47.9 Å². The number of nitrogens with zero attached hydrogens (tertiary/aromatic N) is 2. The van der Waals surface area contributed by atoms with Crippen LogP contribution in [0.5, 0.6) is 0 Å². The Labute approximate surface area is 155 Å². The zero-order valence-electron chi connectivity index (χ0n) is 14.3. The van der Waals surface area contributed by atoms with E-state index in [2.05, 4.69) is 20.5 Å². The van der Waals surface area contributed by atoms with Crippen LogP contribution in [-0.2, 0) is 0 Å². The van der Waals surface area contributed by atoms with Crippen LogP contribution in [0.2, 0.25) is 0 Å². The molecule has 1 aliphatic rings. The van der Waals surface area contributed by atoms with Gasteiger partial charge in [-0.15, -0.1) is 11.3 Å². The Balaban J connectivity index is 1.45. The van der Waals surface area contributed by atoms with Crippen molar-refractivity contribution in [2.45, 2.75) is 19.3 Å². The predicted molar refractivity (Wildman–Crippen MR) is 99.1 cm³/mol. The summed E-state index contributed by atoms with van der Waals surface area (Å²) in [6.45, 7) is 3.88. The molecule has 1 aromatic carbocycles. The molecular formula is C18H21FN4O2S. The average Bonchev–Trinajstić information content (AvgIpc) is 3.30. The Bertz CT molecular complexity index is 774. The lowest BCUT2D eigenvalue weighted by Gasteiger charge is -2.13. The molecule has 1 fully saturated rings. The molecule has 0 spiro atoms. The first-order chi connectivity index (χ1) is 12.6. The number of hydrogen-bond acceptors (Lipinski definition) is 5. The van der Waals surface area contributed by atoms with Crippen LogP contribution in [0, 0.1) is 5.82 Å². The molecule has 2 aromatic rings. The van der Waals surface area contributed by atoms with Gasteiger partial charge in [0.15, 0.2) is 5.13 Å². The van der Waals surface area contributed by atoms with Crippen molar-refractivity contribution in [2.75, 3.05) is 31.5 Å². The van der Waals surface area contributed by atoms with Crippen molar-refractivity contribution in [2.24, 2.45) is 0 Å². The van der Waals surface area contributed by atoms with Crippen LogP contribution >= 0.6 is 11.3 Å². The molecule has 3 rings (SSSR count). The zero-order chi connectivity index (χ0) is 18.4. The van der Waals surface area contributed by atoms with Crippen molar-refractivity contribution >= 4 is 28.3 Å². The Morgan fingerprint density at radius 2 is 2.04 bits per heavy atom. The van der Waals surface area contributed by atoms with Gasteiger partial charge in [-0.1, -0.05) is 6.07 Å². The first-order valence-electron chi connectivity index (χ1n) is 8.65. The number of carbonyl (C=O) groups excluding carboxylic acids is 2. The van der Waals surface area contributed by atoms with Crippen molar-refractivity contribution < 1.29 is 14.0 Å². The molecule has 0 aliphatic carbocycles. The van der Waals surface area contributed by atoms with Gasteiger partial charge in [-0.25, -0.2) is 9.37 Å². The summed E-state index contributed by atoms with van der Waals surface area (Å²) in [6.07, 6.45) is 3.42. The fraction of sp³-hybridized carbons (Fsp3) is 0.389. The highest BCUT2D eigenvalue weighted by atomic mass is 32.1. The molecule has 1 aromatic heterocycles. The number of hydrogen-bond donors (Lipinski definition) is 2. The minimum Gasteiger partial charge on any atom is -0.351 e. The van der Waals surface area contributed by atoms with Gasteiger partial charge in [0.05, 0.1) is 0 Å². The minimum absolute atomic E-state index is 0.202. The minimum atomic E-state index is -0.481. The third-order valence-corrected chi connectivity index (χ3v) is 4.94. The molecule has 1 saturated heterocycles. The standard InChI is InChI=1S/C18H21FN4O2S/c19-14-6-3-5-13(11-14)16(24)22-18-21-15(12-26-18)17(25)20-7-4-10-23-8-1-2-9-23/h3,5-6,11-12H,1-2,4,7-10H2,(H,20,25)(H,21,22,24). The monoisotopic (exact) mass is 376 g/mol. The second kappa shape index (κ2) is 8.86. The van der Waals surface area contributed by atoms with Crippen molar-refractivity contribution in [3.63, 3.8) is 0 Å². The molecule has 2 amide bonds. The normalized spacial score (nSPS) is 14.3. The lowest BCUT2D eigenvalue weighted by atomic mass is 10.2. The number of benzene rings is 1. The highest BCUT2D eigenvalue weighted by Gasteiger charge is 2.14. The van der Waals surface area contributed by atoms with E-state index in [4.69, 9.17) is 0 Å². The molecule has 2 heterocycles. The third kappa shape index (κ3) is 5.09. The number of thiazole rings is 1. The quantitative estimate of drug-likeness (QED) is 0.729.